The van der Waals surface area contributed by atoms with Crippen LogP contribution in [0.5, 0.6) is 0 Å². The standard InChI is InChI=1S/C11H17N3O/c1-7(2)4-9-5-8(3)13-6-10(9)11(12)14-15/h5-7,15H,4H2,1-3H3,(H2,12,14). The zero-order valence-electron chi connectivity index (χ0n) is 9.36. The predicted octanol–water partition coefficient (Wildman–Crippen LogP) is 1.68. The molecule has 15 heavy (non-hydrogen) atoms. The number of oxime groups is 1. The van der Waals surface area contributed by atoms with Crippen LogP contribution in [0, 0.1) is 12.8 Å². The Morgan fingerprint density at radius 3 is 2.80 bits per heavy atom. The Kier molecular flexibility index (Phi) is 3.66. The maximum atomic E-state index is 8.65. The molecule has 1 rings (SSSR count). The van der Waals surface area contributed by atoms with Gasteiger partial charge in [0.2, 0.25) is 0 Å². The van der Waals surface area contributed by atoms with Crippen molar-refractivity contribution in [1.82, 2.24) is 4.98 Å². The van der Waals surface area contributed by atoms with Gasteiger partial charge in [-0.25, -0.2) is 0 Å². The molecule has 0 aliphatic rings. The number of hydrogen-bond donors (Lipinski definition) is 2. The smallest absolute Gasteiger partial charge is 0.171 e. The van der Waals surface area contributed by atoms with Crippen molar-refractivity contribution in [1.29, 1.82) is 0 Å². The van der Waals surface area contributed by atoms with Gasteiger partial charge < -0.3 is 10.9 Å². The highest BCUT2D eigenvalue weighted by molar-refractivity contribution is 5.98. The third kappa shape index (κ3) is 2.94. The molecule has 0 bridgehead atoms. The van der Waals surface area contributed by atoms with Gasteiger partial charge in [0.15, 0.2) is 5.84 Å². The first kappa shape index (κ1) is 11.5. The molecule has 0 saturated carbocycles. The second-order valence-corrected chi connectivity index (χ2v) is 4.07. The lowest BCUT2D eigenvalue weighted by molar-refractivity contribution is 0.318. The molecule has 0 saturated heterocycles. The Morgan fingerprint density at radius 1 is 1.60 bits per heavy atom. The van der Waals surface area contributed by atoms with E-state index in [1.54, 1.807) is 6.20 Å². The molecule has 1 heterocycles. The van der Waals surface area contributed by atoms with E-state index in [1.165, 1.54) is 0 Å². The van der Waals surface area contributed by atoms with E-state index in [4.69, 9.17) is 10.9 Å². The van der Waals surface area contributed by atoms with Crippen molar-refractivity contribution in [2.45, 2.75) is 27.2 Å². The number of aromatic nitrogens is 1. The van der Waals surface area contributed by atoms with Gasteiger partial charge in [-0.05, 0) is 30.9 Å². The van der Waals surface area contributed by atoms with Crippen molar-refractivity contribution in [2.24, 2.45) is 16.8 Å². The fourth-order valence-electron chi connectivity index (χ4n) is 1.51. The SMILES string of the molecule is Cc1cc(CC(C)C)c(C(N)=NO)cn1. The fourth-order valence-corrected chi connectivity index (χ4v) is 1.51. The van der Waals surface area contributed by atoms with Gasteiger partial charge in [0.25, 0.3) is 0 Å². The molecule has 4 heteroatoms. The molecule has 1 aromatic heterocycles. The number of nitrogens with two attached hydrogens (primary N) is 1. The molecule has 0 amide bonds. The Morgan fingerprint density at radius 2 is 2.27 bits per heavy atom. The highest BCUT2D eigenvalue weighted by atomic mass is 16.4. The van der Waals surface area contributed by atoms with Gasteiger partial charge in [-0.2, -0.15) is 0 Å². The van der Waals surface area contributed by atoms with Crippen LogP contribution in [-0.4, -0.2) is 16.0 Å². The third-order valence-corrected chi connectivity index (χ3v) is 2.14. The van der Waals surface area contributed by atoms with Crippen LogP contribution in [0.15, 0.2) is 17.4 Å². The van der Waals surface area contributed by atoms with E-state index in [0.29, 0.717) is 5.92 Å². The first-order valence-electron chi connectivity index (χ1n) is 4.98. The first-order chi connectivity index (χ1) is 7.04. The van der Waals surface area contributed by atoms with E-state index in [2.05, 4.69) is 24.0 Å². The molecule has 82 valence electrons. The third-order valence-electron chi connectivity index (χ3n) is 2.14. The highest BCUT2D eigenvalue weighted by Gasteiger charge is 2.09. The topological polar surface area (TPSA) is 71.5 Å². The van der Waals surface area contributed by atoms with Gasteiger partial charge in [0, 0.05) is 17.5 Å². The maximum Gasteiger partial charge on any atom is 0.171 e. The van der Waals surface area contributed by atoms with Gasteiger partial charge in [-0.3, -0.25) is 4.98 Å². The Labute approximate surface area is 89.8 Å². The minimum Gasteiger partial charge on any atom is -0.409 e. The summed E-state index contributed by atoms with van der Waals surface area (Å²) in [6.45, 7) is 6.19. The van der Waals surface area contributed by atoms with Crippen molar-refractivity contribution in [3.05, 3.63) is 29.1 Å². The summed E-state index contributed by atoms with van der Waals surface area (Å²) in [5.41, 5.74) is 8.32. The number of amidine groups is 1. The van der Waals surface area contributed by atoms with Crippen LogP contribution >= 0.6 is 0 Å². The summed E-state index contributed by atoms with van der Waals surface area (Å²) in [7, 11) is 0. The molecular formula is C11H17N3O. The zero-order chi connectivity index (χ0) is 11.4. The number of nitrogens with zero attached hydrogens (tertiary/aromatic N) is 2. The number of rotatable bonds is 3. The second-order valence-electron chi connectivity index (χ2n) is 4.07. The summed E-state index contributed by atoms with van der Waals surface area (Å²) in [6, 6.07) is 1.98. The average Bonchev–Trinajstić information content (AvgIpc) is 2.16. The van der Waals surface area contributed by atoms with E-state index < -0.39 is 0 Å². The van der Waals surface area contributed by atoms with E-state index in [0.717, 1.165) is 23.2 Å². The van der Waals surface area contributed by atoms with Gasteiger partial charge in [-0.1, -0.05) is 19.0 Å². The molecule has 1 aromatic rings. The van der Waals surface area contributed by atoms with E-state index >= 15 is 0 Å². The van der Waals surface area contributed by atoms with Crippen molar-refractivity contribution >= 4 is 5.84 Å². The monoisotopic (exact) mass is 207 g/mol. The number of pyridine rings is 1. The largest absolute Gasteiger partial charge is 0.409 e. The molecule has 0 aliphatic heterocycles. The van der Waals surface area contributed by atoms with E-state index in [1.807, 2.05) is 13.0 Å². The lowest BCUT2D eigenvalue weighted by atomic mass is 9.98. The summed E-state index contributed by atoms with van der Waals surface area (Å²) in [5.74, 6) is 0.648. The van der Waals surface area contributed by atoms with Gasteiger partial charge >= 0.3 is 0 Å². The minimum absolute atomic E-state index is 0.123. The molecule has 4 nitrogen and oxygen atoms in total. The zero-order valence-corrected chi connectivity index (χ0v) is 9.36. The van der Waals surface area contributed by atoms with Crippen molar-refractivity contribution in [3.8, 4) is 0 Å². The van der Waals surface area contributed by atoms with Crippen LogP contribution in [0.1, 0.15) is 30.7 Å². The summed E-state index contributed by atoms with van der Waals surface area (Å²) in [5, 5.41) is 11.7. The maximum absolute atomic E-state index is 8.65. The van der Waals surface area contributed by atoms with Crippen LogP contribution in [0.2, 0.25) is 0 Å². The second kappa shape index (κ2) is 4.77. The quantitative estimate of drug-likeness (QED) is 0.343. The Bertz CT molecular complexity index is 372. The summed E-state index contributed by atoms with van der Waals surface area (Å²) >= 11 is 0. The number of aryl methyl sites for hydroxylation is 1. The van der Waals surface area contributed by atoms with Gasteiger partial charge in [-0.15, -0.1) is 0 Å². The molecule has 0 aliphatic carbocycles. The van der Waals surface area contributed by atoms with E-state index in [9.17, 15) is 0 Å². The molecular weight excluding hydrogens is 190 g/mol. The Balaban J connectivity index is 3.14. The average molecular weight is 207 g/mol. The fraction of sp³-hybridized carbons (Fsp3) is 0.455. The van der Waals surface area contributed by atoms with Crippen LogP contribution in [0.4, 0.5) is 0 Å². The van der Waals surface area contributed by atoms with Gasteiger partial charge in [0.05, 0.1) is 0 Å². The minimum atomic E-state index is 0.123. The predicted molar refractivity (Wildman–Crippen MR) is 60.0 cm³/mol. The van der Waals surface area contributed by atoms with Crippen molar-refractivity contribution < 1.29 is 5.21 Å². The first-order valence-corrected chi connectivity index (χ1v) is 4.98. The molecule has 0 spiro atoms. The van der Waals surface area contributed by atoms with Gasteiger partial charge in [0.1, 0.15) is 0 Å². The molecule has 0 fully saturated rings. The van der Waals surface area contributed by atoms with Crippen LogP contribution in [0.3, 0.4) is 0 Å². The number of hydrogen-bond acceptors (Lipinski definition) is 3. The normalized spacial score (nSPS) is 12.1. The summed E-state index contributed by atoms with van der Waals surface area (Å²) in [6.07, 6.45) is 2.55. The summed E-state index contributed by atoms with van der Waals surface area (Å²) < 4.78 is 0. The molecule has 0 aromatic carbocycles. The molecule has 0 unspecified atom stereocenters. The summed E-state index contributed by atoms with van der Waals surface area (Å²) in [4.78, 5) is 4.14. The highest BCUT2D eigenvalue weighted by Crippen LogP contribution is 2.14. The molecule has 3 N–H and O–H groups in total. The van der Waals surface area contributed by atoms with Crippen molar-refractivity contribution in [2.75, 3.05) is 0 Å². The lowest BCUT2D eigenvalue weighted by Crippen LogP contribution is -2.17. The van der Waals surface area contributed by atoms with Crippen molar-refractivity contribution in [3.63, 3.8) is 0 Å². The van der Waals surface area contributed by atoms with Crippen LogP contribution in [-0.2, 0) is 6.42 Å². The van der Waals surface area contributed by atoms with Crippen LogP contribution in [0.25, 0.3) is 0 Å². The molecule has 0 atom stereocenters. The van der Waals surface area contributed by atoms with E-state index in [-0.39, 0.29) is 5.84 Å². The lowest BCUT2D eigenvalue weighted by Gasteiger charge is -2.10. The molecule has 0 radical (unpaired) electrons. The van der Waals surface area contributed by atoms with Crippen LogP contribution < -0.4 is 5.73 Å². The Hall–Kier alpha value is -1.58.